The first-order valence-electron chi connectivity index (χ1n) is 6.21. The third-order valence-electron chi connectivity index (χ3n) is 3.12. The molecule has 0 radical (unpaired) electrons. The van der Waals surface area contributed by atoms with Crippen LogP contribution in [-0.2, 0) is 10.6 Å². The van der Waals surface area contributed by atoms with E-state index < -0.39 is 4.92 Å². The van der Waals surface area contributed by atoms with Gasteiger partial charge in [-0.05, 0) is 31.4 Å². The average molecular weight is 286 g/mol. The molecule has 0 N–H and O–H groups in total. The van der Waals surface area contributed by atoms with Crippen LogP contribution in [0.5, 0.6) is 5.75 Å². The van der Waals surface area contributed by atoms with E-state index in [2.05, 4.69) is 0 Å². The minimum absolute atomic E-state index is 0.0160. The number of ether oxygens (including phenoxy) is 2. The van der Waals surface area contributed by atoms with Gasteiger partial charge < -0.3 is 9.47 Å². The second-order valence-electron chi connectivity index (χ2n) is 4.65. The first-order chi connectivity index (χ1) is 9.10. The van der Waals surface area contributed by atoms with Crippen molar-refractivity contribution in [3.63, 3.8) is 0 Å². The number of nitrogens with zero attached hydrogens (tertiary/aromatic N) is 1. The van der Waals surface area contributed by atoms with Crippen LogP contribution in [-0.4, -0.2) is 23.7 Å². The molecule has 1 aliphatic rings. The van der Waals surface area contributed by atoms with E-state index in [9.17, 15) is 10.1 Å². The largest absolute Gasteiger partial charge is 0.484 e. The van der Waals surface area contributed by atoms with Gasteiger partial charge in [-0.1, -0.05) is 6.07 Å². The van der Waals surface area contributed by atoms with Crippen molar-refractivity contribution in [3.05, 3.63) is 33.9 Å². The normalized spacial score (nSPS) is 22.4. The predicted molar refractivity (Wildman–Crippen MR) is 71.7 cm³/mol. The molecule has 1 aliphatic heterocycles. The third kappa shape index (κ3) is 3.58. The summed E-state index contributed by atoms with van der Waals surface area (Å²) in [5, 5.41) is 11.0. The molecule has 19 heavy (non-hydrogen) atoms. The molecular weight excluding hydrogens is 270 g/mol. The molecule has 1 aromatic carbocycles. The molecule has 2 rings (SSSR count). The molecular formula is C13H16ClNO4. The SMILES string of the molecule is CC1CCC(COc2ccc(CCl)cc2[N+](=O)[O-])O1. The Morgan fingerprint density at radius 2 is 2.32 bits per heavy atom. The van der Waals surface area contributed by atoms with Gasteiger partial charge in [-0.3, -0.25) is 10.1 Å². The summed E-state index contributed by atoms with van der Waals surface area (Å²) in [7, 11) is 0. The van der Waals surface area contributed by atoms with Crippen LogP contribution in [0, 0.1) is 10.1 Å². The number of nitro groups is 1. The van der Waals surface area contributed by atoms with Crippen molar-refractivity contribution in [1.82, 2.24) is 0 Å². The Balaban J connectivity index is 2.04. The van der Waals surface area contributed by atoms with Crippen LogP contribution in [0.4, 0.5) is 5.69 Å². The number of rotatable bonds is 5. The van der Waals surface area contributed by atoms with Gasteiger partial charge in [0.05, 0.1) is 17.1 Å². The Kier molecular flexibility index (Phi) is 4.61. The van der Waals surface area contributed by atoms with Gasteiger partial charge in [0.2, 0.25) is 0 Å². The summed E-state index contributed by atoms with van der Waals surface area (Å²) in [5.41, 5.74) is 0.649. The zero-order valence-corrected chi connectivity index (χ0v) is 11.4. The number of alkyl halides is 1. The van der Waals surface area contributed by atoms with Crippen LogP contribution in [0.1, 0.15) is 25.3 Å². The van der Waals surface area contributed by atoms with Gasteiger partial charge in [0.15, 0.2) is 5.75 Å². The molecule has 0 bridgehead atoms. The zero-order valence-electron chi connectivity index (χ0n) is 10.7. The van der Waals surface area contributed by atoms with E-state index in [0.717, 1.165) is 12.8 Å². The van der Waals surface area contributed by atoms with Crippen LogP contribution in [0.15, 0.2) is 18.2 Å². The minimum Gasteiger partial charge on any atom is -0.484 e. The molecule has 2 unspecified atom stereocenters. The Bertz CT molecular complexity index is 466. The predicted octanol–water partition coefficient (Wildman–Crippen LogP) is 3.28. The number of halogens is 1. The van der Waals surface area contributed by atoms with Crippen LogP contribution in [0.3, 0.4) is 0 Å². The second kappa shape index (κ2) is 6.21. The van der Waals surface area contributed by atoms with Gasteiger partial charge >= 0.3 is 5.69 Å². The maximum Gasteiger partial charge on any atom is 0.311 e. The molecule has 1 saturated heterocycles. The van der Waals surface area contributed by atoms with E-state index >= 15 is 0 Å². The lowest BCUT2D eigenvalue weighted by Crippen LogP contribution is -2.18. The molecule has 104 valence electrons. The fourth-order valence-corrected chi connectivity index (χ4v) is 2.27. The van der Waals surface area contributed by atoms with E-state index in [0.29, 0.717) is 12.2 Å². The highest BCUT2D eigenvalue weighted by atomic mass is 35.5. The van der Waals surface area contributed by atoms with Gasteiger partial charge in [-0.2, -0.15) is 0 Å². The first kappa shape index (κ1) is 14.1. The summed E-state index contributed by atoms with van der Waals surface area (Å²) < 4.78 is 11.1. The third-order valence-corrected chi connectivity index (χ3v) is 3.43. The average Bonchev–Trinajstić information content (AvgIpc) is 2.82. The summed E-state index contributed by atoms with van der Waals surface area (Å²) in [6.45, 7) is 2.35. The van der Waals surface area contributed by atoms with Gasteiger partial charge in [0.1, 0.15) is 6.61 Å². The summed E-state index contributed by atoms with van der Waals surface area (Å²) >= 11 is 5.67. The van der Waals surface area contributed by atoms with Crippen molar-refractivity contribution < 1.29 is 14.4 Å². The Morgan fingerprint density at radius 1 is 1.53 bits per heavy atom. The molecule has 5 nitrogen and oxygen atoms in total. The highest BCUT2D eigenvalue weighted by Gasteiger charge is 2.24. The summed E-state index contributed by atoms with van der Waals surface area (Å²) in [4.78, 5) is 10.5. The van der Waals surface area contributed by atoms with E-state index in [1.807, 2.05) is 6.92 Å². The first-order valence-corrected chi connectivity index (χ1v) is 6.75. The standard InChI is InChI=1S/C13H16ClNO4/c1-9-2-4-11(19-9)8-18-13-5-3-10(7-14)6-12(13)15(16)17/h3,5-6,9,11H,2,4,7-8H2,1H3. The lowest BCUT2D eigenvalue weighted by Gasteiger charge is -2.13. The Morgan fingerprint density at radius 3 is 2.89 bits per heavy atom. The Hall–Kier alpha value is -1.33. The Labute approximate surface area is 116 Å². The summed E-state index contributed by atoms with van der Waals surface area (Å²) in [5.74, 6) is 0.506. The zero-order chi connectivity index (χ0) is 13.8. The van der Waals surface area contributed by atoms with E-state index in [1.165, 1.54) is 6.07 Å². The minimum atomic E-state index is -0.455. The van der Waals surface area contributed by atoms with Gasteiger partial charge in [0.25, 0.3) is 0 Å². The van der Waals surface area contributed by atoms with Crippen LogP contribution < -0.4 is 4.74 Å². The molecule has 6 heteroatoms. The quantitative estimate of drug-likeness (QED) is 0.473. The summed E-state index contributed by atoms with van der Waals surface area (Å²) in [6.07, 6.45) is 2.18. The van der Waals surface area contributed by atoms with E-state index in [4.69, 9.17) is 21.1 Å². The molecule has 0 spiro atoms. The van der Waals surface area contributed by atoms with Crippen molar-refractivity contribution in [3.8, 4) is 5.75 Å². The second-order valence-corrected chi connectivity index (χ2v) is 4.92. The van der Waals surface area contributed by atoms with Crippen molar-refractivity contribution in [2.45, 2.75) is 37.9 Å². The molecule has 0 saturated carbocycles. The molecule has 0 aromatic heterocycles. The molecule has 1 heterocycles. The highest BCUT2D eigenvalue weighted by Crippen LogP contribution is 2.29. The van der Waals surface area contributed by atoms with Crippen molar-refractivity contribution in [1.29, 1.82) is 0 Å². The van der Waals surface area contributed by atoms with Crippen molar-refractivity contribution in [2.24, 2.45) is 0 Å². The lowest BCUT2D eigenvalue weighted by atomic mass is 10.2. The molecule has 2 atom stereocenters. The van der Waals surface area contributed by atoms with Gasteiger partial charge in [0, 0.05) is 11.9 Å². The molecule has 1 fully saturated rings. The van der Waals surface area contributed by atoms with Gasteiger partial charge in [-0.15, -0.1) is 11.6 Å². The number of hydrogen-bond donors (Lipinski definition) is 0. The number of nitro benzene ring substituents is 1. The molecule has 0 amide bonds. The number of benzene rings is 1. The van der Waals surface area contributed by atoms with Gasteiger partial charge in [-0.25, -0.2) is 0 Å². The summed E-state index contributed by atoms with van der Waals surface area (Å²) in [6, 6.07) is 4.77. The van der Waals surface area contributed by atoms with Crippen LogP contribution in [0.2, 0.25) is 0 Å². The molecule has 0 aliphatic carbocycles. The maximum atomic E-state index is 11.0. The van der Waals surface area contributed by atoms with Crippen molar-refractivity contribution >= 4 is 17.3 Å². The highest BCUT2D eigenvalue weighted by molar-refractivity contribution is 6.17. The van der Waals surface area contributed by atoms with Crippen LogP contribution in [0.25, 0.3) is 0 Å². The number of hydrogen-bond acceptors (Lipinski definition) is 4. The monoisotopic (exact) mass is 285 g/mol. The van der Waals surface area contributed by atoms with Crippen LogP contribution >= 0.6 is 11.6 Å². The fraction of sp³-hybridized carbons (Fsp3) is 0.538. The fourth-order valence-electron chi connectivity index (χ4n) is 2.10. The smallest absolute Gasteiger partial charge is 0.311 e. The maximum absolute atomic E-state index is 11.0. The van der Waals surface area contributed by atoms with E-state index in [1.54, 1.807) is 12.1 Å². The lowest BCUT2D eigenvalue weighted by molar-refractivity contribution is -0.386. The topological polar surface area (TPSA) is 61.6 Å². The molecule has 1 aromatic rings. The van der Waals surface area contributed by atoms with E-state index in [-0.39, 0.29) is 29.5 Å². The van der Waals surface area contributed by atoms with Crippen molar-refractivity contribution in [2.75, 3.05) is 6.61 Å².